The van der Waals surface area contributed by atoms with Gasteiger partial charge in [-0.25, -0.2) is 4.98 Å². The van der Waals surface area contributed by atoms with Crippen molar-refractivity contribution in [1.82, 2.24) is 4.98 Å². The van der Waals surface area contributed by atoms with Gasteiger partial charge in [0.05, 0.1) is 11.3 Å². The molecular weight excluding hydrogens is 408 g/mol. The Kier molecular flexibility index (Phi) is 5.55. The van der Waals surface area contributed by atoms with Crippen molar-refractivity contribution in [2.75, 3.05) is 0 Å². The first-order valence-corrected chi connectivity index (χ1v) is 11.1. The van der Waals surface area contributed by atoms with Crippen LogP contribution >= 0.6 is 11.3 Å². The molecule has 1 N–H and O–H groups in total. The molecule has 158 valence electrons. The summed E-state index contributed by atoms with van der Waals surface area (Å²) < 4.78 is 5.79. The summed E-state index contributed by atoms with van der Waals surface area (Å²) in [4.78, 5) is 16.9. The summed E-state index contributed by atoms with van der Waals surface area (Å²) in [5, 5.41) is 19.3. The number of hydrogen-bond acceptors (Lipinski definition) is 5. The van der Waals surface area contributed by atoms with Crippen molar-refractivity contribution in [3.05, 3.63) is 59.3 Å². The van der Waals surface area contributed by atoms with E-state index >= 15 is 0 Å². The van der Waals surface area contributed by atoms with Gasteiger partial charge in [0.25, 0.3) is 0 Å². The molecule has 0 radical (unpaired) electrons. The average molecular weight is 433 g/mol. The number of nitrogens with zero attached hydrogens (tertiary/aromatic N) is 2. The average Bonchev–Trinajstić information content (AvgIpc) is 3.36. The summed E-state index contributed by atoms with van der Waals surface area (Å²) in [5.41, 5.74) is 4.84. The first-order chi connectivity index (χ1) is 14.8. The highest BCUT2D eigenvalue weighted by atomic mass is 32.1. The Morgan fingerprint density at radius 3 is 2.90 bits per heavy atom. The molecule has 0 amide bonds. The summed E-state index contributed by atoms with van der Waals surface area (Å²) in [6, 6.07) is 14.0. The van der Waals surface area contributed by atoms with Crippen molar-refractivity contribution in [2.24, 2.45) is 0 Å². The molecule has 2 aromatic carbocycles. The number of thiazole rings is 1. The van der Waals surface area contributed by atoms with E-state index in [-0.39, 0.29) is 12.3 Å². The Labute approximate surface area is 186 Å². The van der Waals surface area contributed by atoms with Crippen molar-refractivity contribution >= 4 is 17.3 Å². The predicted molar refractivity (Wildman–Crippen MR) is 121 cm³/mol. The lowest BCUT2D eigenvalue weighted by Crippen LogP contribution is -2.25. The van der Waals surface area contributed by atoms with Crippen molar-refractivity contribution in [1.29, 1.82) is 5.26 Å². The largest absolute Gasteiger partial charge is 0.481 e. The van der Waals surface area contributed by atoms with Crippen LogP contribution in [0.4, 0.5) is 0 Å². The molecule has 0 saturated heterocycles. The van der Waals surface area contributed by atoms with Crippen LogP contribution in [0.2, 0.25) is 0 Å². The van der Waals surface area contributed by atoms with Crippen LogP contribution in [0.1, 0.15) is 49.3 Å². The van der Waals surface area contributed by atoms with Crippen molar-refractivity contribution in [2.45, 2.75) is 51.6 Å². The van der Waals surface area contributed by atoms with Crippen LogP contribution in [0, 0.1) is 18.3 Å². The highest BCUT2D eigenvalue weighted by Gasteiger charge is 2.27. The van der Waals surface area contributed by atoms with Crippen LogP contribution in [0.5, 0.6) is 5.75 Å². The third-order valence-electron chi connectivity index (χ3n) is 5.74. The minimum absolute atomic E-state index is 0.104. The zero-order chi connectivity index (χ0) is 22.2. The van der Waals surface area contributed by atoms with Crippen LogP contribution in [-0.4, -0.2) is 21.7 Å². The Bertz CT molecular complexity index is 1190. The van der Waals surface area contributed by atoms with E-state index < -0.39 is 11.6 Å². The number of carboxylic acid groups (broad SMARTS) is 1. The lowest BCUT2D eigenvalue weighted by molar-refractivity contribution is -0.137. The Morgan fingerprint density at radius 2 is 2.16 bits per heavy atom. The summed E-state index contributed by atoms with van der Waals surface area (Å²) >= 11 is 1.62. The number of fused-ring (bicyclic) bond motifs is 1. The minimum Gasteiger partial charge on any atom is -0.481 e. The van der Waals surface area contributed by atoms with Crippen LogP contribution < -0.4 is 4.74 Å². The van der Waals surface area contributed by atoms with Crippen molar-refractivity contribution in [3.63, 3.8) is 0 Å². The molecule has 6 heteroatoms. The second kappa shape index (κ2) is 8.16. The minimum atomic E-state index is -0.891. The van der Waals surface area contributed by atoms with Crippen LogP contribution in [0.15, 0.2) is 42.6 Å². The molecule has 3 aromatic rings. The molecule has 1 aliphatic rings. The van der Waals surface area contributed by atoms with E-state index in [9.17, 15) is 15.2 Å². The SMILES string of the molecule is Cc1c(-c2ncc(-c3cccc(OC(C)(C)C#N)c3)s2)ccc2c1CC[C@@H]2CC(=O)O. The molecule has 0 unspecified atom stereocenters. The molecule has 0 saturated carbocycles. The van der Waals surface area contributed by atoms with Gasteiger partial charge in [0.15, 0.2) is 5.60 Å². The van der Waals surface area contributed by atoms with E-state index in [0.29, 0.717) is 5.75 Å². The van der Waals surface area contributed by atoms with Crippen LogP contribution in [0.3, 0.4) is 0 Å². The maximum Gasteiger partial charge on any atom is 0.303 e. The number of aliphatic carboxylic acids is 1. The summed E-state index contributed by atoms with van der Waals surface area (Å²) in [6.07, 6.45) is 3.86. The van der Waals surface area contributed by atoms with E-state index in [2.05, 4.69) is 30.1 Å². The second-order valence-corrected chi connectivity index (χ2v) is 9.45. The van der Waals surface area contributed by atoms with Gasteiger partial charge in [-0.2, -0.15) is 5.26 Å². The van der Waals surface area contributed by atoms with Gasteiger partial charge in [-0.05, 0) is 73.9 Å². The third-order valence-corrected chi connectivity index (χ3v) is 6.81. The van der Waals surface area contributed by atoms with E-state index in [1.54, 1.807) is 25.2 Å². The quantitative estimate of drug-likeness (QED) is 0.519. The normalized spacial score (nSPS) is 15.4. The number of aromatic nitrogens is 1. The maximum absolute atomic E-state index is 11.2. The zero-order valence-electron chi connectivity index (χ0n) is 17.8. The molecule has 0 fully saturated rings. The number of ether oxygens (including phenoxy) is 1. The van der Waals surface area contributed by atoms with Gasteiger partial charge in [0, 0.05) is 11.8 Å². The zero-order valence-corrected chi connectivity index (χ0v) is 18.6. The van der Waals surface area contributed by atoms with E-state index in [4.69, 9.17) is 4.74 Å². The molecule has 5 nitrogen and oxygen atoms in total. The van der Waals surface area contributed by atoms with Gasteiger partial charge in [0.2, 0.25) is 0 Å². The molecule has 4 rings (SSSR count). The van der Waals surface area contributed by atoms with Gasteiger partial charge in [-0.15, -0.1) is 11.3 Å². The standard InChI is InChI=1S/C25H24N2O3S/c1-15-19-8-7-16(12-23(28)29)21(19)10-9-20(15)24-27-13-22(31-24)17-5-4-6-18(11-17)30-25(2,3)14-26/h4-6,9-11,13,16H,7-8,12H2,1-3H3,(H,28,29)/t16-/m1/s1. The van der Waals surface area contributed by atoms with Gasteiger partial charge >= 0.3 is 5.97 Å². The first kappa shape index (κ1) is 21.1. The Hall–Kier alpha value is -3.17. The molecular formula is C25H24N2O3S. The van der Waals surface area contributed by atoms with E-state index in [1.165, 1.54) is 16.7 Å². The highest BCUT2D eigenvalue weighted by molar-refractivity contribution is 7.18. The van der Waals surface area contributed by atoms with Crippen LogP contribution in [0.25, 0.3) is 21.0 Å². The molecule has 1 atom stereocenters. The number of hydrogen-bond donors (Lipinski definition) is 1. The number of carboxylic acids is 1. The van der Waals surface area contributed by atoms with Crippen molar-refractivity contribution in [3.8, 4) is 32.8 Å². The van der Waals surface area contributed by atoms with Gasteiger partial charge in [0.1, 0.15) is 16.8 Å². The molecule has 1 aliphatic carbocycles. The Balaban J connectivity index is 1.62. The molecule has 0 aliphatic heterocycles. The lowest BCUT2D eigenvalue weighted by Gasteiger charge is -2.18. The summed E-state index contributed by atoms with van der Waals surface area (Å²) in [6.45, 7) is 5.58. The summed E-state index contributed by atoms with van der Waals surface area (Å²) in [5.74, 6) is 0.0122. The topological polar surface area (TPSA) is 83.2 Å². The number of nitriles is 1. The molecule has 31 heavy (non-hydrogen) atoms. The fraction of sp³-hybridized carbons (Fsp3) is 0.320. The maximum atomic E-state index is 11.2. The molecule has 0 spiro atoms. The van der Waals surface area contributed by atoms with Gasteiger partial charge in [-0.1, -0.05) is 24.3 Å². The highest BCUT2D eigenvalue weighted by Crippen LogP contribution is 2.42. The van der Waals surface area contributed by atoms with E-state index in [0.717, 1.165) is 33.9 Å². The number of rotatable bonds is 6. The van der Waals surface area contributed by atoms with Crippen LogP contribution in [-0.2, 0) is 11.2 Å². The fourth-order valence-electron chi connectivity index (χ4n) is 4.18. The molecule has 1 heterocycles. The lowest BCUT2D eigenvalue weighted by atomic mass is 9.94. The monoisotopic (exact) mass is 432 g/mol. The third kappa shape index (κ3) is 4.33. The van der Waals surface area contributed by atoms with Gasteiger partial charge in [-0.3, -0.25) is 4.79 Å². The second-order valence-electron chi connectivity index (χ2n) is 8.42. The summed E-state index contributed by atoms with van der Waals surface area (Å²) in [7, 11) is 0. The molecule has 1 aromatic heterocycles. The smallest absolute Gasteiger partial charge is 0.303 e. The Morgan fingerprint density at radius 1 is 1.35 bits per heavy atom. The molecule has 0 bridgehead atoms. The van der Waals surface area contributed by atoms with Crippen molar-refractivity contribution < 1.29 is 14.6 Å². The van der Waals surface area contributed by atoms with Gasteiger partial charge < -0.3 is 9.84 Å². The first-order valence-electron chi connectivity index (χ1n) is 10.3. The fourth-order valence-corrected chi connectivity index (χ4v) is 5.18. The predicted octanol–water partition coefficient (Wildman–Crippen LogP) is 5.97. The number of benzene rings is 2. The number of carbonyl (C=O) groups is 1. The van der Waals surface area contributed by atoms with E-state index in [1.807, 2.05) is 30.5 Å².